The van der Waals surface area contributed by atoms with Crippen molar-refractivity contribution in [3.05, 3.63) is 6.54 Å². The van der Waals surface area contributed by atoms with Gasteiger partial charge in [0.15, 0.2) is 0 Å². The molecule has 2 rings (SSSR count). The summed E-state index contributed by atoms with van der Waals surface area (Å²) in [5.41, 5.74) is 0. The third kappa shape index (κ3) is 0.970. The van der Waals surface area contributed by atoms with Gasteiger partial charge in [-0.15, -0.1) is 0 Å². The zero-order chi connectivity index (χ0) is 6.10. The van der Waals surface area contributed by atoms with Crippen LogP contribution in [0.4, 0.5) is 0 Å². The van der Waals surface area contributed by atoms with Crippen molar-refractivity contribution in [2.24, 2.45) is 0 Å². The number of piperazine rings is 1. The summed E-state index contributed by atoms with van der Waals surface area (Å²) in [4.78, 5) is 2.55. The highest BCUT2D eigenvalue weighted by Crippen LogP contribution is 2.19. The quantitative estimate of drug-likeness (QED) is 0.498. The Morgan fingerprint density at radius 3 is 3.33 bits per heavy atom. The van der Waals surface area contributed by atoms with E-state index in [2.05, 4.69) is 16.8 Å². The Hall–Kier alpha value is -0.0800. The molecule has 0 aromatic heterocycles. The molecular formula is C7H13N2. The third-order valence-electron chi connectivity index (χ3n) is 2.27. The molecule has 1 radical (unpaired) electrons. The summed E-state index contributed by atoms with van der Waals surface area (Å²) in [6, 6.07) is 0.763. The molecule has 2 fully saturated rings. The van der Waals surface area contributed by atoms with Crippen molar-refractivity contribution in [3.63, 3.8) is 0 Å². The number of nitrogens with one attached hydrogen (secondary N) is 1. The van der Waals surface area contributed by atoms with Crippen molar-refractivity contribution >= 4 is 0 Å². The fourth-order valence-electron chi connectivity index (χ4n) is 1.75. The van der Waals surface area contributed by atoms with E-state index in [0.717, 1.165) is 12.6 Å². The van der Waals surface area contributed by atoms with Crippen LogP contribution in [0.3, 0.4) is 0 Å². The van der Waals surface area contributed by atoms with Crippen LogP contribution in [0.1, 0.15) is 12.8 Å². The van der Waals surface area contributed by atoms with Gasteiger partial charge in [-0.05, 0) is 19.4 Å². The molecule has 0 aromatic carbocycles. The van der Waals surface area contributed by atoms with Gasteiger partial charge in [0.25, 0.3) is 0 Å². The molecule has 0 bridgehead atoms. The third-order valence-corrected chi connectivity index (χ3v) is 2.27. The van der Waals surface area contributed by atoms with Crippen LogP contribution in [0.2, 0.25) is 0 Å². The van der Waals surface area contributed by atoms with Crippen LogP contribution in [-0.4, -0.2) is 30.6 Å². The number of hydrogen-bond acceptors (Lipinski definition) is 2. The van der Waals surface area contributed by atoms with Gasteiger partial charge < -0.3 is 5.32 Å². The molecule has 0 amide bonds. The van der Waals surface area contributed by atoms with Crippen LogP contribution in [0, 0.1) is 6.54 Å². The molecule has 51 valence electrons. The van der Waals surface area contributed by atoms with Crippen molar-refractivity contribution in [1.29, 1.82) is 0 Å². The zero-order valence-electron chi connectivity index (χ0n) is 5.64. The Balaban J connectivity index is 1.97. The standard InChI is InChI=1S/C7H13N2/c1-2-7-6-8-3-5-9(7)4-1/h6-8H,1-5H2/t7-/m1/s1. The van der Waals surface area contributed by atoms with E-state index >= 15 is 0 Å². The molecule has 1 atom stereocenters. The minimum absolute atomic E-state index is 0.763. The Morgan fingerprint density at radius 1 is 1.44 bits per heavy atom. The lowest BCUT2D eigenvalue weighted by Crippen LogP contribution is -2.44. The van der Waals surface area contributed by atoms with Crippen molar-refractivity contribution < 1.29 is 0 Å². The van der Waals surface area contributed by atoms with Crippen LogP contribution in [0.25, 0.3) is 0 Å². The highest BCUT2D eigenvalue weighted by molar-refractivity contribution is 4.92. The first kappa shape index (κ1) is 5.69. The van der Waals surface area contributed by atoms with Gasteiger partial charge in [0.05, 0.1) is 0 Å². The largest absolute Gasteiger partial charge is 0.310 e. The van der Waals surface area contributed by atoms with Gasteiger partial charge in [0.2, 0.25) is 0 Å². The van der Waals surface area contributed by atoms with Crippen LogP contribution in [-0.2, 0) is 0 Å². The van der Waals surface area contributed by atoms with E-state index < -0.39 is 0 Å². The normalized spacial score (nSPS) is 36.7. The summed E-state index contributed by atoms with van der Waals surface area (Å²) < 4.78 is 0. The first-order chi connectivity index (χ1) is 4.47. The smallest absolute Gasteiger partial charge is 0.0393 e. The molecule has 2 heteroatoms. The maximum atomic E-state index is 3.29. The van der Waals surface area contributed by atoms with E-state index in [9.17, 15) is 0 Å². The lowest BCUT2D eigenvalue weighted by atomic mass is 10.2. The van der Waals surface area contributed by atoms with Crippen molar-refractivity contribution in [2.45, 2.75) is 18.9 Å². The molecule has 2 saturated heterocycles. The number of hydrogen-bond donors (Lipinski definition) is 1. The van der Waals surface area contributed by atoms with Gasteiger partial charge in [-0.25, -0.2) is 0 Å². The van der Waals surface area contributed by atoms with Crippen LogP contribution >= 0.6 is 0 Å². The molecule has 0 saturated carbocycles. The summed E-state index contributed by atoms with van der Waals surface area (Å²) >= 11 is 0. The topological polar surface area (TPSA) is 15.3 Å². The second kappa shape index (κ2) is 2.27. The van der Waals surface area contributed by atoms with Gasteiger partial charge in [0, 0.05) is 25.7 Å². The van der Waals surface area contributed by atoms with Gasteiger partial charge in [-0.2, -0.15) is 0 Å². The molecule has 1 N–H and O–H groups in total. The van der Waals surface area contributed by atoms with E-state index in [4.69, 9.17) is 0 Å². The molecule has 9 heavy (non-hydrogen) atoms. The number of rotatable bonds is 0. The maximum absolute atomic E-state index is 3.29. The zero-order valence-corrected chi connectivity index (χ0v) is 5.64. The second-order valence-electron chi connectivity index (χ2n) is 2.87. The maximum Gasteiger partial charge on any atom is 0.0393 e. The van der Waals surface area contributed by atoms with Gasteiger partial charge in [0.1, 0.15) is 0 Å². The predicted molar refractivity (Wildman–Crippen MR) is 36.9 cm³/mol. The Labute approximate surface area is 56.2 Å². The summed E-state index contributed by atoms with van der Waals surface area (Å²) in [5.74, 6) is 0. The molecule has 2 aliphatic rings. The Morgan fingerprint density at radius 2 is 2.44 bits per heavy atom. The van der Waals surface area contributed by atoms with Gasteiger partial charge in [-0.1, -0.05) is 0 Å². The predicted octanol–water partition coefficient (Wildman–Crippen LogP) is 0.216. The van der Waals surface area contributed by atoms with E-state index in [1.54, 1.807) is 0 Å². The summed E-state index contributed by atoms with van der Waals surface area (Å²) in [6.45, 7) is 5.97. The molecular weight excluding hydrogens is 112 g/mol. The average Bonchev–Trinajstić information content (AvgIpc) is 2.33. The van der Waals surface area contributed by atoms with Crippen LogP contribution in [0.15, 0.2) is 0 Å². The number of fused-ring (bicyclic) bond motifs is 1. The molecule has 2 aliphatic heterocycles. The van der Waals surface area contributed by atoms with E-state index in [1.807, 2.05) is 0 Å². The Bertz CT molecular complexity index is 91.1. The minimum Gasteiger partial charge on any atom is -0.310 e. The van der Waals surface area contributed by atoms with Crippen molar-refractivity contribution in [2.75, 3.05) is 19.6 Å². The van der Waals surface area contributed by atoms with E-state index in [1.165, 1.54) is 25.9 Å². The fraction of sp³-hybridized carbons (Fsp3) is 0.857. The highest BCUT2D eigenvalue weighted by atomic mass is 15.2. The van der Waals surface area contributed by atoms with Crippen molar-refractivity contribution in [3.8, 4) is 0 Å². The first-order valence-electron chi connectivity index (χ1n) is 3.77. The molecule has 0 unspecified atom stereocenters. The van der Waals surface area contributed by atoms with E-state index in [0.29, 0.717) is 0 Å². The summed E-state index contributed by atoms with van der Waals surface area (Å²) in [6.07, 6.45) is 2.76. The molecule has 0 aromatic rings. The van der Waals surface area contributed by atoms with Crippen LogP contribution in [0.5, 0.6) is 0 Å². The average molecular weight is 125 g/mol. The summed E-state index contributed by atoms with van der Waals surface area (Å²) in [5, 5.41) is 3.29. The molecule has 0 spiro atoms. The second-order valence-corrected chi connectivity index (χ2v) is 2.87. The summed E-state index contributed by atoms with van der Waals surface area (Å²) in [7, 11) is 0. The van der Waals surface area contributed by atoms with Crippen molar-refractivity contribution in [1.82, 2.24) is 10.2 Å². The monoisotopic (exact) mass is 125 g/mol. The fourth-order valence-corrected chi connectivity index (χ4v) is 1.75. The molecule has 0 aliphatic carbocycles. The first-order valence-corrected chi connectivity index (χ1v) is 3.77. The van der Waals surface area contributed by atoms with E-state index in [-0.39, 0.29) is 0 Å². The van der Waals surface area contributed by atoms with Gasteiger partial charge in [-0.3, -0.25) is 4.90 Å². The Kier molecular flexibility index (Phi) is 1.44. The molecule has 2 heterocycles. The molecule has 2 nitrogen and oxygen atoms in total. The highest BCUT2D eigenvalue weighted by Gasteiger charge is 2.26. The van der Waals surface area contributed by atoms with Crippen LogP contribution < -0.4 is 5.32 Å². The SMILES string of the molecule is [CH]1NCCN2CCC[C@H]12. The lowest BCUT2D eigenvalue weighted by molar-refractivity contribution is 0.241. The minimum atomic E-state index is 0.763. The van der Waals surface area contributed by atoms with Gasteiger partial charge >= 0.3 is 0 Å². The number of nitrogens with zero attached hydrogens (tertiary/aromatic N) is 1. The lowest BCUT2D eigenvalue weighted by Gasteiger charge is -2.29.